The Balaban J connectivity index is 2.11. The van der Waals surface area contributed by atoms with Crippen LogP contribution in [0.15, 0.2) is 58.4 Å². The minimum Gasteiger partial charge on any atom is -0.224 e. The van der Waals surface area contributed by atoms with Crippen LogP contribution in [-0.2, 0) is 15.6 Å². The second-order valence-electron chi connectivity index (χ2n) is 4.47. The zero-order chi connectivity index (χ0) is 15.3. The maximum absolute atomic E-state index is 12.0. The van der Waals surface area contributed by atoms with Crippen molar-refractivity contribution < 1.29 is 8.42 Å². The highest BCUT2D eigenvalue weighted by Gasteiger charge is 2.07. The van der Waals surface area contributed by atoms with E-state index >= 15 is 0 Å². The Morgan fingerprint density at radius 2 is 1.67 bits per heavy atom. The third-order valence-corrected chi connectivity index (χ3v) is 4.60. The molecule has 2 aromatic rings. The lowest BCUT2D eigenvalue weighted by atomic mass is 10.2. The summed E-state index contributed by atoms with van der Waals surface area (Å²) in [5, 5.41) is 9.92. The number of sulfone groups is 1. The molecular formula is C16H12BrNO2S. The smallest absolute Gasteiger partial charge is 0.175 e. The first kappa shape index (κ1) is 15.5. The average Bonchev–Trinajstić information content (AvgIpc) is 2.47. The predicted octanol–water partition coefficient (Wildman–Crippen LogP) is 3.91. The van der Waals surface area contributed by atoms with E-state index in [0.717, 1.165) is 10.0 Å². The minimum absolute atomic E-state index is 0.0776. The van der Waals surface area contributed by atoms with Gasteiger partial charge in [0.15, 0.2) is 9.84 Å². The van der Waals surface area contributed by atoms with Crippen molar-refractivity contribution in [1.82, 2.24) is 0 Å². The molecule has 0 aliphatic rings. The minimum atomic E-state index is -3.34. The van der Waals surface area contributed by atoms with Gasteiger partial charge < -0.3 is 0 Å². The van der Waals surface area contributed by atoms with Crippen molar-refractivity contribution in [3.8, 4) is 6.07 Å². The maximum Gasteiger partial charge on any atom is 0.175 e. The molecule has 0 N–H and O–H groups in total. The zero-order valence-electron chi connectivity index (χ0n) is 11.0. The van der Waals surface area contributed by atoms with E-state index in [0.29, 0.717) is 11.1 Å². The summed E-state index contributed by atoms with van der Waals surface area (Å²) in [6.07, 6.45) is 1.57. The van der Waals surface area contributed by atoms with Crippen LogP contribution in [0.1, 0.15) is 16.7 Å². The molecule has 0 aliphatic heterocycles. The van der Waals surface area contributed by atoms with Crippen LogP contribution in [0.2, 0.25) is 0 Å². The summed E-state index contributed by atoms with van der Waals surface area (Å²) >= 11 is 3.33. The Hall–Kier alpha value is -1.90. The van der Waals surface area contributed by atoms with E-state index in [9.17, 15) is 8.42 Å². The average molecular weight is 362 g/mol. The molecule has 0 radical (unpaired) electrons. The number of rotatable bonds is 4. The van der Waals surface area contributed by atoms with Gasteiger partial charge in [-0.05, 0) is 41.5 Å². The van der Waals surface area contributed by atoms with Gasteiger partial charge in [0.25, 0.3) is 0 Å². The molecule has 0 saturated heterocycles. The first-order chi connectivity index (χ1) is 9.98. The lowest BCUT2D eigenvalue weighted by Crippen LogP contribution is -1.99. The summed E-state index contributed by atoms with van der Waals surface area (Å²) in [6.45, 7) is 0. The van der Waals surface area contributed by atoms with Gasteiger partial charge in [0.05, 0.1) is 17.4 Å². The maximum atomic E-state index is 12.0. The summed E-state index contributed by atoms with van der Waals surface area (Å²) in [7, 11) is -3.34. The van der Waals surface area contributed by atoms with Gasteiger partial charge >= 0.3 is 0 Å². The van der Waals surface area contributed by atoms with Crippen molar-refractivity contribution >= 4 is 31.8 Å². The summed E-state index contributed by atoms with van der Waals surface area (Å²) in [4.78, 5) is 0. The molecule has 0 unspecified atom stereocenters. The lowest BCUT2D eigenvalue weighted by molar-refractivity contribution is 0.604. The monoisotopic (exact) mass is 361 g/mol. The van der Waals surface area contributed by atoms with E-state index in [1.165, 1.54) is 5.41 Å². The van der Waals surface area contributed by atoms with Crippen LogP contribution in [0.4, 0.5) is 0 Å². The highest BCUT2D eigenvalue weighted by atomic mass is 79.9. The van der Waals surface area contributed by atoms with E-state index in [-0.39, 0.29) is 5.75 Å². The van der Waals surface area contributed by atoms with Crippen LogP contribution in [0.3, 0.4) is 0 Å². The Kier molecular flexibility index (Phi) is 4.94. The van der Waals surface area contributed by atoms with Crippen molar-refractivity contribution in [2.75, 3.05) is 0 Å². The van der Waals surface area contributed by atoms with Crippen molar-refractivity contribution in [3.05, 3.63) is 75.1 Å². The molecule has 5 heteroatoms. The van der Waals surface area contributed by atoms with Crippen molar-refractivity contribution in [3.63, 3.8) is 0 Å². The fourth-order valence-corrected chi connectivity index (χ4v) is 3.09. The summed E-state index contributed by atoms with van der Waals surface area (Å²) in [6, 6.07) is 15.9. The molecule has 0 aromatic heterocycles. The van der Waals surface area contributed by atoms with Gasteiger partial charge in [-0.15, -0.1) is 0 Å². The second kappa shape index (κ2) is 6.70. The van der Waals surface area contributed by atoms with Gasteiger partial charge in [0.1, 0.15) is 0 Å². The van der Waals surface area contributed by atoms with Crippen LogP contribution >= 0.6 is 15.9 Å². The fraction of sp³-hybridized carbons (Fsp3) is 0.0625. The topological polar surface area (TPSA) is 57.9 Å². The highest BCUT2D eigenvalue weighted by molar-refractivity contribution is 9.10. The molecular weight excluding hydrogens is 350 g/mol. The van der Waals surface area contributed by atoms with Crippen LogP contribution < -0.4 is 0 Å². The molecule has 106 valence electrons. The van der Waals surface area contributed by atoms with Crippen molar-refractivity contribution in [2.45, 2.75) is 5.75 Å². The standard InChI is InChI=1S/C16H12BrNO2S/c17-16-7-5-13(6-8-16)9-10-21(19,20)12-15-3-1-14(11-18)2-4-15/h1-10H,12H2/b10-9+. The van der Waals surface area contributed by atoms with Crippen LogP contribution in [-0.4, -0.2) is 8.42 Å². The van der Waals surface area contributed by atoms with E-state index in [4.69, 9.17) is 5.26 Å². The molecule has 21 heavy (non-hydrogen) atoms. The Labute approximate surface area is 132 Å². The molecule has 0 atom stereocenters. The molecule has 2 rings (SSSR count). The molecule has 0 bridgehead atoms. The largest absolute Gasteiger partial charge is 0.224 e. The summed E-state index contributed by atoms with van der Waals surface area (Å²) in [5.74, 6) is -0.0776. The van der Waals surface area contributed by atoms with Crippen LogP contribution in [0.25, 0.3) is 6.08 Å². The first-order valence-corrected chi connectivity index (χ1v) is 8.65. The van der Waals surface area contributed by atoms with E-state index in [1.807, 2.05) is 30.3 Å². The Morgan fingerprint density at radius 3 is 2.24 bits per heavy atom. The van der Waals surface area contributed by atoms with Crippen molar-refractivity contribution in [2.24, 2.45) is 0 Å². The summed E-state index contributed by atoms with van der Waals surface area (Å²) in [5.41, 5.74) is 2.00. The van der Waals surface area contributed by atoms with Gasteiger partial charge in [-0.25, -0.2) is 8.42 Å². The molecule has 2 aromatic carbocycles. The second-order valence-corrected chi connectivity index (χ2v) is 7.27. The van der Waals surface area contributed by atoms with Gasteiger partial charge in [-0.1, -0.05) is 40.2 Å². The third-order valence-electron chi connectivity index (χ3n) is 2.79. The first-order valence-electron chi connectivity index (χ1n) is 6.14. The van der Waals surface area contributed by atoms with Gasteiger partial charge in [-0.3, -0.25) is 0 Å². The number of benzene rings is 2. The SMILES string of the molecule is N#Cc1ccc(CS(=O)(=O)/C=C/c2ccc(Br)cc2)cc1. The normalized spacial score (nSPS) is 11.4. The van der Waals surface area contributed by atoms with Crippen molar-refractivity contribution in [1.29, 1.82) is 5.26 Å². The molecule has 0 saturated carbocycles. The van der Waals surface area contributed by atoms with Crippen LogP contribution in [0, 0.1) is 11.3 Å². The van der Waals surface area contributed by atoms with E-state index in [1.54, 1.807) is 30.3 Å². The fourth-order valence-electron chi connectivity index (χ4n) is 1.71. The van der Waals surface area contributed by atoms with Gasteiger partial charge in [0.2, 0.25) is 0 Å². The number of nitriles is 1. The Morgan fingerprint density at radius 1 is 1.05 bits per heavy atom. The lowest BCUT2D eigenvalue weighted by Gasteiger charge is -2.00. The number of hydrogen-bond acceptors (Lipinski definition) is 3. The molecule has 0 heterocycles. The Bertz CT molecular complexity index is 786. The van der Waals surface area contributed by atoms with Gasteiger partial charge in [-0.2, -0.15) is 5.26 Å². The third kappa shape index (κ3) is 4.85. The molecule has 0 aliphatic carbocycles. The molecule has 0 amide bonds. The van der Waals surface area contributed by atoms with E-state index < -0.39 is 9.84 Å². The molecule has 3 nitrogen and oxygen atoms in total. The zero-order valence-corrected chi connectivity index (χ0v) is 13.4. The highest BCUT2D eigenvalue weighted by Crippen LogP contribution is 2.14. The molecule has 0 spiro atoms. The molecule has 0 fully saturated rings. The number of halogens is 1. The van der Waals surface area contributed by atoms with Gasteiger partial charge in [0, 0.05) is 9.88 Å². The van der Waals surface area contributed by atoms with E-state index in [2.05, 4.69) is 15.9 Å². The number of nitrogens with zero attached hydrogens (tertiary/aromatic N) is 1. The quantitative estimate of drug-likeness (QED) is 0.829. The van der Waals surface area contributed by atoms with Crippen LogP contribution in [0.5, 0.6) is 0 Å². The number of hydrogen-bond donors (Lipinski definition) is 0. The predicted molar refractivity (Wildman–Crippen MR) is 87.0 cm³/mol. The summed E-state index contributed by atoms with van der Waals surface area (Å²) < 4.78 is 25.0.